The first-order valence-electron chi connectivity index (χ1n) is 5.96. The van der Waals surface area contributed by atoms with Crippen LogP contribution in [0.4, 0.5) is 5.69 Å². The highest BCUT2D eigenvalue weighted by molar-refractivity contribution is 6.37. The number of nitrogens with one attached hydrogen (secondary N) is 1. The molecule has 0 unspecified atom stereocenters. The van der Waals surface area contributed by atoms with Crippen LogP contribution in [-0.4, -0.2) is 5.11 Å². The Morgan fingerprint density at radius 3 is 2.11 bits per heavy atom. The van der Waals surface area contributed by atoms with Crippen molar-refractivity contribution >= 4 is 28.9 Å². The van der Waals surface area contributed by atoms with Gasteiger partial charge >= 0.3 is 0 Å². The number of hydrogen-bond acceptors (Lipinski definition) is 2. The molecule has 0 radical (unpaired) electrons. The summed E-state index contributed by atoms with van der Waals surface area (Å²) in [6.07, 6.45) is 0. The molecule has 0 spiro atoms. The van der Waals surface area contributed by atoms with E-state index in [1.165, 1.54) is 16.7 Å². The molecule has 0 heterocycles. The number of phenols is 1. The predicted molar refractivity (Wildman–Crippen MR) is 81.4 cm³/mol. The standard InChI is InChI=1S/C15H15Cl2NO/c1-9-4-3-5-10(2)12(9)8-18-11-6-13(16)15(19)14(17)7-11/h3-7,18-19H,8H2,1-2H3. The summed E-state index contributed by atoms with van der Waals surface area (Å²) in [4.78, 5) is 0. The van der Waals surface area contributed by atoms with E-state index in [4.69, 9.17) is 23.2 Å². The quantitative estimate of drug-likeness (QED) is 0.787. The molecule has 2 rings (SSSR count). The van der Waals surface area contributed by atoms with E-state index in [1.54, 1.807) is 12.1 Å². The Balaban J connectivity index is 2.19. The highest BCUT2D eigenvalue weighted by atomic mass is 35.5. The van der Waals surface area contributed by atoms with E-state index in [2.05, 4.69) is 31.3 Å². The first-order valence-corrected chi connectivity index (χ1v) is 6.71. The fourth-order valence-electron chi connectivity index (χ4n) is 1.99. The Labute approximate surface area is 123 Å². The zero-order valence-electron chi connectivity index (χ0n) is 10.8. The fraction of sp³-hybridized carbons (Fsp3) is 0.200. The molecule has 2 aromatic rings. The molecule has 2 aromatic carbocycles. The van der Waals surface area contributed by atoms with Gasteiger partial charge in [-0.25, -0.2) is 0 Å². The summed E-state index contributed by atoms with van der Waals surface area (Å²) >= 11 is 11.8. The Hall–Kier alpha value is -1.38. The molecule has 0 atom stereocenters. The lowest BCUT2D eigenvalue weighted by molar-refractivity contribution is 0.476. The van der Waals surface area contributed by atoms with Gasteiger partial charge in [-0.15, -0.1) is 0 Å². The lowest BCUT2D eigenvalue weighted by Gasteiger charge is -2.13. The summed E-state index contributed by atoms with van der Waals surface area (Å²) in [5, 5.41) is 13.3. The third-order valence-electron chi connectivity index (χ3n) is 3.13. The minimum Gasteiger partial charge on any atom is -0.505 e. The zero-order chi connectivity index (χ0) is 14.0. The molecule has 0 aromatic heterocycles. The maximum Gasteiger partial charge on any atom is 0.152 e. The second-order valence-electron chi connectivity index (χ2n) is 4.51. The molecule has 0 saturated carbocycles. The van der Waals surface area contributed by atoms with Gasteiger partial charge in [0.1, 0.15) is 0 Å². The van der Waals surface area contributed by atoms with E-state index in [0.717, 1.165) is 5.69 Å². The lowest BCUT2D eigenvalue weighted by atomic mass is 10.0. The van der Waals surface area contributed by atoms with Crippen LogP contribution in [0.5, 0.6) is 5.75 Å². The van der Waals surface area contributed by atoms with Gasteiger partial charge in [0.15, 0.2) is 5.75 Å². The van der Waals surface area contributed by atoms with Gasteiger partial charge < -0.3 is 10.4 Å². The van der Waals surface area contributed by atoms with Gasteiger partial charge in [0.05, 0.1) is 10.0 Å². The molecular formula is C15H15Cl2NO. The molecule has 0 fully saturated rings. The molecule has 0 amide bonds. The van der Waals surface area contributed by atoms with Crippen LogP contribution in [0.15, 0.2) is 30.3 Å². The molecule has 19 heavy (non-hydrogen) atoms. The van der Waals surface area contributed by atoms with Crippen molar-refractivity contribution in [3.8, 4) is 5.75 Å². The molecule has 2 N–H and O–H groups in total. The topological polar surface area (TPSA) is 32.3 Å². The van der Waals surface area contributed by atoms with Crippen LogP contribution in [0.2, 0.25) is 10.0 Å². The number of anilines is 1. The van der Waals surface area contributed by atoms with Gasteiger partial charge in [-0.1, -0.05) is 41.4 Å². The second kappa shape index (κ2) is 5.72. The number of aryl methyl sites for hydroxylation is 2. The van der Waals surface area contributed by atoms with Crippen LogP contribution in [0.1, 0.15) is 16.7 Å². The molecule has 2 nitrogen and oxygen atoms in total. The van der Waals surface area contributed by atoms with E-state index in [-0.39, 0.29) is 15.8 Å². The zero-order valence-corrected chi connectivity index (χ0v) is 12.3. The van der Waals surface area contributed by atoms with Crippen molar-refractivity contribution in [2.75, 3.05) is 5.32 Å². The molecule has 0 bridgehead atoms. The molecule has 0 saturated heterocycles. The molecule has 4 heteroatoms. The average Bonchev–Trinajstić information content (AvgIpc) is 2.35. The third-order valence-corrected chi connectivity index (χ3v) is 3.71. The number of phenolic OH excluding ortho intramolecular Hbond substituents is 1. The van der Waals surface area contributed by atoms with Gasteiger partial charge in [-0.2, -0.15) is 0 Å². The van der Waals surface area contributed by atoms with Crippen molar-refractivity contribution in [2.24, 2.45) is 0 Å². The van der Waals surface area contributed by atoms with Crippen molar-refractivity contribution in [3.63, 3.8) is 0 Å². The third kappa shape index (κ3) is 3.14. The van der Waals surface area contributed by atoms with Gasteiger partial charge in [-0.3, -0.25) is 0 Å². The number of hydrogen-bond donors (Lipinski definition) is 2. The lowest BCUT2D eigenvalue weighted by Crippen LogP contribution is -2.03. The SMILES string of the molecule is Cc1cccc(C)c1CNc1cc(Cl)c(O)c(Cl)c1. The van der Waals surface area contributed by atoms with Crippen LogP contribution in [-0.2, 0) is 6.54 Å². The molecule has 0 aliphatic heterocycles. The Kier molecular flexibility index (Phi) is 4.23. The number of benzene rings is 2. The Bertz CT molecular complexity index is 568. The number of aromatic hydroxyl groups is 1. The van der Waals surface area contributed by atoms with E-state index >= 15 is 0 Å². The normalized spacial score (nSPS) is 10.5. The summed E-state index contributed by atoms with van der Waals surface area (Å²) < 4.78 is 0. The van der Waals surface area contributed by atoms with Gasteiger partial charge in [-0.05, 0) is 42.7 Å². The maximum absolute atomic E-state index is 9.51. The van der Waals surface area contributed by atoms with Crippen LogP contribution in [0, 0.1) is 13.8 Å². The second-order valence-corrected chi connectivity index (χ2v) is 5.33. The van der Waals surface area contributed by atoms with Crippen molar-refractivity contribution < 1.29 is 5.11 Å². The van der Waals surface area contributed by atoms with E-state index in [1.807, 2.05) is 6.07 Å². The summed E-state index contributed by atoms with van der Waals surface area (Å²) in [5.74, 6) is -0.0824. The maximum atomic E-state index is 9.51. The van der Waals surface area contributed by atoms with E-state index < -0.39 is 0 Å². The largest absolute Gasteiger partial charge is 0.505 e. The van der Waals surface area contributed by atoms with Crippen LogP contribution >= 0.6 is 23.2 Å². The summed E-state index contributed by atoms with van der Waals surface area (Å²) in [6.45, 7) is 4.86. The fourth-order valence-corrected chi connectivity index (χ4v) is 2.47. The smallest absolute Gasteiger partial charge is 0.152 e. The Morgan fingerprint density at radius 1 is 1.05 bits per heavy atom. The molecular weight excluding hydrogens is 281 g/mol. The highest BCUT2D eigenvalue weighted by Gasteiger charge is 2.07. The molecule has 0 aliphatic rings. The van der Waals surface area contributed by atoms with Gasteiger partial charge in [0, 0.05) is 12.2 Å². The molecule has 100 valence electrons. The van der Waals surface area contributed by atoms with E-state index in [9.17, 15) is 5.11 Å². The van der Waals surface area contributed by atoms with Crippen molar-refractivity contribution in [3.05, 3.63) is 57.1 Å². The summed E-state index contributed by atoms with van der Waals surface area (Å²) in [5.41, 5.74) is 4.52. The highest BCUT2D eigenvalue weighted by Crippen LogP contribution is 2.34. The minimum absolute atomic E-state index is 0.0824. The average molecular weight is 296 g/mol. The monoisotopic (exact) mass is 295 g/mol. The predicted octanol–water partition coefficient (Wildman–Crippen LogP) is 4.93. The van der Waals surface area contributed by atoms with Crippen molar-refractivity contribution in [1.82, 2.24) is 0 Å². The van der Waals surface area contributed by atoms with Crippen LogP contribution in [0.25, 0.3) is 0 Å². The van der Waals surface area contributed by atoms with Crippen LogP contribution in [0.3, 0.4) is 0 Å². The summed E-state index contributed by atoms with van der Waals surface area (Å²) in [6, 6.07) is 9.54. The number of halogens is 2. The van der Waals surface area contributed by atoms with Crippen LogP contribution < -0.4 is 5.32 Å². The van der Waals surface area contributed by atoms with Gasteiger partial charge in [0.25, 0.3) is 0 Å². The first kappa shape index (κ1) is 14.0. The minimum atomic E-state index is -0.0824. The Morgan fingerprint density at radius 2 is 1.58 bits per heavy atom. The first-order chi connectivity index (χ1) is 8.99. The van der Waals surface area contributed by atoms with E-state index in [0.29, 0.717) is 6.54 Å². The molecule has 0 aliphatic carbocycles. The van der Waals surface area contributed by atoms with Crippen molar-refractivity contribution in [2.45, 2.75) is 20.4 Å². The van der Waals surface area contributed by atoms with Crippen molar-refractivity contribution in [1.29, 1.82) is 0 Å². The summed E-state index contributed by atoms with van der Waals surface area (Å²) in [7, 11) is 0. The van der Waals surface area contributed by atoms with Gasteiger partial charge in [0.2, 0.25) is 0 Å². The number of rotatable bonds is 3.